The first-order chi connectivity index (χ1) is 11.0. The molecule has 2 N–H and O–H groups in total. The number of hydrogen-bond acceptors (Lipinski definition) is 3. The van der Waals surface area contributed by atoms with Crippen LogP contribution in [-0.2, 0) is 4.79 Å². The van der Waals surface area contributed by atoms with Crippen molar-refractivity contribution in [2.75, 3.05) is 31.6 Å². The summed E-state index contributed by atoms with van der Waals surface area (Å²) in [5, 5.41) is 12.6. The quantitative estimate of drug-likeness (QED) is 0.846. The minimum Gasteiger partial charge on any atom is -0.396 e. The van der Waals surface area contributed by atoms with Gasteiger partial charge in [0.1, 0.15) is 0 Å². The van der Waals surface area contributed by atoms with Crippen LogP contribution in [0.3, 0.4) is 0 Å². The van der Waals surface area contributed by atoms with E-state index in [1.807, 2.05) is 18.2 Å². The number of carbonyl (C=O) groups is 1. The molecule has 1 saturated heterocycles. The molecule has 0 spiro atoms. The lowest BCUT2D eigenvalue weighted by molar-refractivity contribution is -0.118. The maximum Gasteiger partial charge on any atom is 0.238 e. The number of likely N-dealkylation sites (tertiary alicyclic amines) is 1. The van der Waals surface area contributed by atoms with Crippen molar-refractivity contribution in [2.45, 2.75) is 46.0 Å². The molecule has 0 aromatic heterocycles. The molecule has 0 bridgehead atoms. The van der Waals surface area contributed by atoms with Gasteiger partial charge in [-0.25, -0.2) is 0 Å². The molecule has 1 amide bonds. The molecule has 0 aliphatic carbocycles. The Morgan fingerprint density at radius 1 is 1.35 bits per heavy atom. The van der Waals surface area contributed by atoms with Crippen LogP contribution in [0.15, 0.2) is 24.3 Å². The number of carbonyl (C=O) groups excluding carboxylic acids is 1. The topological polar surface area (TPSA) is 52.6 Å². The Morgan fingerprint density at radius 3 is 2.61 bits per heavy atom. The van der Waals surface area contributed by atoms with Crippen molar-refractivity contribution in [1.82, 2.24) is 4.90 Å². The molecule has 128 valence electrons. The van der Waals surface area contributed by atoms with E-state index in [0.29, 0.717) is 12.5 Å². The van der Waals surface area contributed by atoms with Gasteiger partial charge in [0.25, 0.3) is 0 Å². The van der Waals surface area contributed by atoms with Crippen molar-refractivity contribution in [2.24, 2.45) is 5.41 Å². The van der Waals surface area contributed by atoms with Gasteiger partial charge in [-0.3, -0.25) is 9.69 Å². The highest BCUT2D eigenvalue weighted by atomic mass is 16.3. The Morgan fingerprint density at radius 2 is 2.04 bits per heavy atom. The summed E-state index contributed by atoms with van der Waals surface area (Å²) >= 11 is 0. The molecular weight excluding hydrogens is 288 g/mol. The summed E-state index contributed by atoms with van der Waals surface area (Å²) in [5.41, 5.74) is 2.17. The summed E-state index contributed by atoms with van der Waals surface area (Å²) in [4.78, 5) is 14.4. The Hall–Kier alpha value is -1.39. The number of aliphatic hydroxyl groups is 1. The van der Waals surface area contributed by atoms with E-state index in [2.05, 4.69) is 37.1 Å². The molecule has 23 heavy (non-hydrogen) atoms. The second-order valence-corrected chi connectivity index (χ2v) is 7.12. The Kier molecular flexibility index (Phi) is 6.19. The van der Waals surface area contributed by atoms with Crippen LogP contribution in [0.2, 0.25) is 0 Å². The fourth-order valence-electron chi connectivity index (χ4n) is 3.19. The van der Waals surface area contributed by atoms with E-state index in [1.165, 1.54) is 5.56 Å². The van der Waals surface area contributed by atoms with E-state index in [9.17, 15) is 9.90 Å². The molecule has 0 atom stereocenters. The first-order valence-corrected chi connectivity index (χ1v) is 8.71. The Bertz CT molecular complexity index is 514. The van der Waals surface area contributed by atoms with Crippen LogP contribution in [0.4, 0.5) is 5.69 Å². The summed E-state index contributed by atoms with van der Waals surface area (Å²) in [5.74, 6) is 0.494. The monoisotopic (exact) mass is 318 g/mol. The zero-order valence-corrected chi connectivity index (χ0v) is 14.6. The van der Waals surface area contributed by atoms with Crippen molar-refractivity contribution in [3.8, 4) is 0 Å². The van der Waals surface area contributed by atoms with Gasteiger partial charge in [-0.1, -0.05) is 32.9 Å². The third-order valence-electron chi connectivity index (χ3n) is 5.21. The average Bonchev–Trinajstić information content (AvgIpc) is 2.56. The maximum absolute atomic E-state index is 12.3. The molecule has 0 unspecified atom stereocenters. The molecule has 0 radical (unpaired) electrons. The molecule has 0 saturated carbocycles. The van der Waals surface area contributed by atoms with Crippen LogP contribution in [0.1, 0.15) is 51.5 Å². The number of benzene rings is 1. The standard InChI is InChI=1S/C19H30N2O2/c1-4-19(14-22)8-10-21(11-9-19)13-18(23)20-17-7-5-6-16(12-17)15(2)3/h5-7,12,15,22H,4,8-11,13-14H2,1-3H3,(H,20,23). The fourth-order valence-corrected chi connectivity index (χ4v) is 3.19. The van der Waals surface area contributed by atoms with Gasteiger partial charge >= 0.3 is 0 Å². The molecular formula is C19H30N2O2. The largest absolute Gasteiger partial charge is 0.396 e. The van der Waals surface area contributed by atoms with Crippen molar-refractivity contribution in [1.29, 1.82) is 0 Å². The number of amides is 1. The number of aliphatic hydroxyl groups excluding tert-OH is 1. The Labute approximate surface area is 139 Å². The fraction of sp³-hybridized carbons (Fsp3) is 0.632. The molecule has 4 heteroatoms. The summed E-state index contributed by atoms with van der Waals surface area (Å²) in [7, 11) is 0. The first kappa shape index (κ1) is 18.0. The van der Waals surface area contributed by atoms with E-state index >= 15 is 0 Å². The average molecular weight is 318 g/mol. The highest BCUT2D eigenvalue weighted by molar-refractivity contribution is 5.92. The lowest BCUT2D eigenvalue weighted by atomic mass is 9.77. The summed E-state index contributed by atoms with van der Waals surface area (Å²) in [6.45, 7) is 8.89. The predicted molar refractivity (Wildman–Crippen MR) is 94.6 cm³/mol. The van der Waals surface area contributed by atoms with E-state index < -0.39 is 0 Å². The number of anilines is 1. The SMILES string of the molecule is CCC1(CO)CCN(CC(=O)Nc2cccc(C(C)C)c2)CC1. The van der Waals surface area contributed by atoms with Gasteiger partial charge in [-0.15, -0.1) is 0 Å². The number of nitrogens with one attached hydrogen (secondary N) is 1. The zero-order chi connectivity index (χ0) is 16.9. The molecule has 1 aromatic carbocycles. The van der Waals surface area contributed by atoms with E-state index in [0.717, 1.165) is 38.0 Å². The molecule has 4 nitrogen and oxygen atoms in total. The third-order valence-corrected chi connectivity index (χ3v) is 5.21. The van der Waals surface area contributed by atoms with Crippen LogP contribution in [0.25, 0.3) is 0 Å². The van der Waals surface area contributed by atoms with Crippen molar-refractivity contribution >= 4 is 11.6 Å². The highest BCUT2D eigenvalue weighted by Crippen LogP contribution is 2.34. The van der Waals surface area contributed by atoms with Gasteiger partial charge in [0.2, 0.25) is 5.91 Å². The van der Waals surface area contributed by atoms with Gasteiger partial charge in [0.15, 0.2) is 0 Å². The van der Waals surface area contributed by atoms with Crippen molar-refractivity contribution < 1.29 is 9.90 Å². The summed E-state index contributed by atoms with van der Waals surface area (Å²) in [6.07, 6.45) is 2.94. The smallest absolute Gasteiger partial charge is 0.238 e. The third kappa shape index (κ3) is 4.79. The van der Waals surface area contributed by atoms with Crippen LogP contribution < -0.4 is 5.32 Å². The maximum atomic E-state index is 12.3. The predicted octanol–water partition coefficient (Wildman–Crippen LogP) is 3.23. The lowest BCUT2D eigenvalue weighted by Crippen LogP contribution is -2.44. The van der Waals surface area contributed by atoms with Gasteiger partial charge in [-0.05, 0) is 61.4 Å². The van der Waals surface area contributed by atoms with E-state index in [4.69, 9.17) is 0 Å². The molecule has 1 aliphatic rings. The van der Waals surface area contributed by atoms with Crippen LogP contribution in [-0.4, -0.2) is 42.2 Å². The molecule has 2 rings (SSSR count). The summed E-state index contributed by atoms with van der Waals surface area (Å²) in [6, 6.07) is 8.06. The van der Waals surface area contributed by atoms with E-state index in [-0.39, 0.29) is 17.9 Å². The molecule has 1 heterocycles. The number of rotatable bonds is 6. The second kappa shape index (κ2) is 7.93. The number of hydrogen-bond donors (Lipinski definition) is 2. The number of nitrogens with zero attached hydrogens (tertiary/aromatic N) is 1. The van der Waals surface area contributed by atoms with E-state index in [1.54, 1.807) is 0 Å². The van der Waals surface area contributed by atoms with Crippen LogP contribution >= 0.6 is 0 Å². The second-order valence-electron chi connectivity index (χ2n) is 7.12. The van der Waals surface area contributed by atoms with Crippen LogP contribution in [0.5, 0.6) is 0 Å². The zero-order valence-electron chi connectivity index (χ0n) is 14.6. The molecule has 1 aliphatic heterocycles. The van der Waals surface area contributed by atoms with Gasteiger partial charge < -0.3 is 10.4 Å². The van der Waals surface area contributed by atoms with Crippen molar-refractivity contribution in [3.63, 3.8) is 0 Å². The van der Waals surface area contributed by atoms with Crippen molar-refractivity contribution in [3.05, 3.63) is 29.8 Å². The normalized spacial score (nSPS) is 18.1. The highest BCUT2D eigenvalue weighted by Gasteiger charge is 2.32. The van der Waals surface area contributed by atoms with Gasteiger partial charge in [-0.2, -0.15) is 0 Å². The Balaban J connectivity index is 1.85. The minimum atomic E-state index is 0.0407. The molecule has 1 fully saturated rings. The van der Waals surface area contributed by atoms with Gasteiger partial charge in [0, 0.05) is 12.3 Å². The first-order valence-electron chi connectivity index (χ1n) is 8.71. The lowest BCUT2D eigenvalue weighted by Gasteiger charge is -2.39. The van der Waals surface area contributed by atoms with Gasteiger partial charge in [0.05, 0.1) is 6.54 Å². The number of piperidine rings is 1. The minimum absolute atomic E-state index is 0.0407. The summed E-state index contributed by atoms with van der Waals surface area (Å²) < 4.78 is 0. The molecule has 1 aromatic rings. The van der Waals surface area contributed by atoms with Crippen LogP contribution in [0, 0.1) is 5.41 Å².